The zero-order chi connectivity index (χ0) is 14.5. The second-order valence-electron chi connectivity index (χ2n) is 6.12. The first-order chi connectivity index (χ1) is 8.82. The Hall–Kier alpha value is -1.06. The van der Waals surface area contributed by atoms with E-state index in [4.69, 9.17) is 4.74 Å². The molecule has 0 aliphatic rings. The van der Waals surface area contributed by atoms with Gasteiger partial charge in [0.25, 0.3) is 0 Å². The molecule has 3 heteroatoms. The summed E-state index contributed by atoms with van der Waals surface area (Å²) in [6.45, 7) is 10.5. The van der Waals surface area contributed by atoms with E-state index in [9.17, 15) is 0 Å². The maximum Gasteiger partial charge on any atom is 0.119 e. The van der Waals surface area contributed by atoms with Crippen LogP contribution < -0.4 is 10.1 Å². The van der Waals surface area contributed by atoms with Crippen LogP contribution in [0.5, 0.6) is 5.75 Å². The fourth-order valence-electron chi connectivity index (χ4n) is 2.07. The summed E-state index contributed by atoms with van der Waals surface area (Å²) in [5, 5.41) is 3.33. The molecule has 0 radical (unpaired) electrons. The van der Waals surface area contributed by atoms with Crippen LogP contribution in [0.2, 0.25) is 0 Å². The summed E-state index contributed by atoms with van der Waals surface area (Å²) in [6, 6.07) is 8.37. The molecule has 0 heterocycles. The third-order valence-electron chi connectivity index (χ3n) is 3.09. The van der Waals surface area contributed by atoms with Gasteiger partial charge in [-0.1, -0.05) is 12.1 Å². The van der Waals surface area contributed by atoms with Gasteiger partial charge in [0.15, 0.2) is 0 Å². The molecule has 19 heavy (non-hydrogen) atoms. The molecule has 1 rings (SSSR count). The molecule has 1 aromatic rings. The van der Waals surface area contributed by atoms with E-state index in [-0.39, 0.29) is 11.6 Å². The quantitative estimate of drug-likeness (QED) is 0.819. The molecular weight excluding hydrogens is 236 g/mol. The molecule has 0 fully saturated rings. The van der Waals surface area contributed by atoms with Gasteiger partial charge in [-0.15, -0.1) is 0 Å². The van der Waals surface area contributed by atoms with Crippen molar-refractivity contribution in [3.8, 4) is 5.75 Å². The Morgan fingerprint density at radius 2 is 1.79 bits per heavy atom. The lowest BCUT2D eigenvalue weighted by Crippen LogP contribution is -2.46. The fraction of sp³-hybridized carbons (Fsp3) is 0.625. The van der Waals surface area contributed by atoms with Crippen LogP contribution in [-0.4, -0.2) is 37.2 Å². The van der Waals surface area contributed by atoms with E-state index in [1.54, 1.807) is 0 Å². The van der Waals surface area contributed by atoms with Gasteiger partial charge in [-0.25, -0.2) is 0 Å². The highest BCUT2D eigenvalue weighted by atomic mass is 16.5. The van der Waals surface area contributed by atoms with Gasteiger partial charge in [0, 0.05) is 18.6 Å². The fourth-order valence-corrected chi connectivity index (χ4v) is 2.07. The summed E-state index contributed by atoms with van der Waals surface area (Å²) < 4.78 is 5.65. The predicted octanol–water partition coefficient (Wildman–Crippen LogP) is 2.90. The third kappa shape index (κ3) is 6.08. The number of rotatable bonds is 7. The molecule has 0 unspecified atom stereocenters. The lowest BCUT2D eigenvalue weighted by molar-refractivity contribution is 0.236. The summed E-state index contributed by atoms with van der Waals surface area (Å²) in [4.78, 5) is 2.33. The van der Waals surface area contributed by atoms with Gasteiger partial charge in [-0.3, -0.25) is 0 Å². The Bertz CT molecular complexity index is 371. The van der Waals surface area contributed by atoms with Crippen LogP contribution in [0.3, 0.4) is 0 Å². The van der Waals surface area contributed by atoms with Crippen molar-refractivity contribution in [1.29, 1.82) is 0 Å². The lowest BCUT2D eigenvalue weighted by atomic mass is 10.1. The van der Waals surface area contributed by atoms with E-state index in [1.165, 1.54) is 5.56 Å². The monoisotopic (exact) mass is 264 g/mol. The molecule has 0 aliphatic carbocycles. The Balaban J connectivity index is 2.53. The van der Waals surface area contributed by atoms with Gasteiger partial charge >= 0.3 is 0 Å². The molecule has 0 saturated heterocycles. The van der Waals surface area contributed by atoms with Crippen molar-refractivity contribution >= 4 is 0 Å². The maximum absolute atomic E-state index is 5.65. The van der Waals surface area contributed by atoms with Crippen LogP contribution in [0.25, 0.3) is 0 Å². The molecule has 108 valence electrons. The number of ether oxygens (including phenoxy) is 1. The summed E-state index contributed by atoms with van der Waals surface area (Å²) in [5.41, 5.74) is 1.45. The van der Waals surface area contributed by atoms with Crippen molar-refractivity contribution < 1.29 is 4.74 Å². The average molecular weight is 264 g/mol. The Morgan fingerprint density at radius 1 is 1.21 bits per heavy atom. The average Bonchev–Trinajstić information content (AvgIpc) is 2.30. The lowest BCUT2D eigenvalue weighted by Gasteiger charge is -2.30. The van der Waals surface area contributed by atoms with E-state index >= 15 is 0 Å². The van der Waals surface area contributed by atoms with E-state index in [0.717, 1.165) is 18.8 Å². The van der Waals surface area contributed by atoms with E-state index < -0.39 is 0 Å². The van der Waals surface area contributed by atoms with Crippen LogP contribution in [0.15, 0.2) is 24.3 Å². The number of likely N-dealkylation sites (N-methyl/N-ethyl adjacent to an activating group) is 2. The first-order valence-corrected chi connectivity index (χ1v) is 6.95. The van der Waals surface area contributed by atoms with E-state index in [0.29, 0.717) is 0 Å². The van der Waals surface area contributed by atoms with Crippen molar-refractivity contribution in [2.75, 3.05) is 20.6 Å². The Morgan fingerprint density at radius 3 is 2.26 bits per heavy atom. The van der Waals surface area contributed by atoms with E-state index in [1.807, 2.05) is 33.0 Å². The van der Waals surface area contributed by atoms with Gasteiger partial charge in [0.1, 0.15) is 5.75 Å². The van der Waals surface area contributed by atoms with Crippen molar-refractivity contribution in [3.63, 3.8) is 0 Å². The van der Waals surface area contributed by atoms with Gasteiger partial charge in [0.05, 0.1) is 6.10 Å². The van der Waals surface area contributed by atoms with Gasteiger partial charge in [-0.05, 0) is 59.5 Å². The van der Waals surface area contributed by atoms with Crippen LogP contribution in [0, 0.1) is 0 Å². The van der Waals surface area contributed by atoms with Crippen molar-refractivity contribution in [2.24, 2.45) is 0 Å². The zero-order valence-corrected chi connectivity index (χ0v) is 13.2. The molecule has 0 atom stereocenters. The molecule has 3 nitrogen and oxygen atoms in total. The summed E-state index contributed by atoms with van der Waals surface area (Å²) in [5.74, 6) is 0.942. The molecule has 0 aliphatic heterocycles. The normalized spacial score (nSPS) is 12.2. The third-order valence-corrected chi connectivity index (χ3v) is 3.09. The molecule has 0 aromatic heterocycles. The Kier molecular flexibility index (Phi) is 5.83. The standard InChI is InChI=1S/C16H28N2O/c1-13(2)19-15-9-7-14(8-10-15)11-18(6)12-16(3,4)17-5/h7-10,13,17H,11-12H2,1-6H3. The maximum atomic E-state index is 5.65. The SMILES string of the molecule is CNC(C)(C)CN(C)Cc1ccc(OC(C)C)cc1. The molecular formula is C16H28N2O. The van der Waals surface area contributed by atoms with Crippen LogP contribution >= 0.6 is 0 Å². The largest absolute Gasteiger partial charge is 0.491 e. The number of benzene rings is 1. The predicted molar refractivity (Wildman–Crippen MR) is 81.7 cm³/mol. The first kappa shape index (κ1) is 16.0. The van der Waals surface area contributed by atoms with Crippen molar-refractivity contribution in [3.05, 3.63) is 29.8 Å². The van der Waals surface area contributed by atoms with Crippen LogP contribution in [0.4, 0.5) is 0 Å². The van der Waals surface area contributed by atoms with Gasteiger partial charge in [-0.2, -0.15) is 0 Å². The van der Waals surface area contributed by atoms with E-state index in [2.05, 4.69) is 43.2 Å². The number of nitrogens with zero attached hydrogens (tertiary/aromatic N) is 1. The molecule has 1 N–H and O–H groups in total. The molecule has 0 amide bonds. The highest BCUT2D eigenvalue weighted by molar-refractivity contribution is 5.27. The second-order valence-corrected chi connectivity index (χ2v) is 6.12. The molecule has 0 saturated carbocycles. The van der Waals surface area contributed by atoms with Crippen molar-refractivity contribution in [1.82, 2.24) is 10.2 Å². The minimum absolute atomic E-state index is 0.134. The second kappa shape index (κ2) is 6.92. The summed E-state index contributed by atoms with van der Waals surface area (Å²) in [6.07, 6.45) is 0.227. The number of hydrogen-bond acceptors (Lipinski definition) is 3. The first-order valence-electron chi connectivity index (χ1n) is 6.95. The smallest absolute Gasteiger partial charge is 0.119 e. The highest BCUT2D eigenvalue weighted by Crippen LogP contribution is 2.15. The summed E-state index contributed by atoms with van der Waals surface area (Å²) >= 11 is 0. The van der Waals surface area contributed by atoms with Crippen LogP contribution in [0.1, 0.15) is 33.3 Å². The number of nitrogens with one attached hydrogen (secondary N) is 1. The molecule has 0 spiro atoms. The van der Waals surface area contributed by atoms with Gasteiger partial charge in [0.2, 0.25) is 0 Å². The highest BCUT2D eigenvalue weighted by Gasteiger charge is 2.17. The van der Waals surface area contributed by atoms with Crippen molar-refractivity contribution in [2.45, 2.75) is 45.9 Å². The molecule has 1 aromatic carbocycles. The minimum atomic E-state index is 0.134. The van der Waals surface area contributed by atoms with Gasteiger partial charge < -0.3 is 15.0 Å². The zero-order valence-electron chi connectivity index (χ0n) is 13.2. The van der Waals surface area contributed by atoms with Crippen LogP contribution in [-0.2, 0) is 6.54 Å². The minimum Gasteiger partial charge on any atom is -0.491 e. The Labute approximate surface area is 118 Å². The summed E-state index contributed by atoms with van der Waals surface area (Å²) in [7, 11) is 4.16. The number of hydrogen-bond donors (Lipinski definition) is 1. The molecule has 0 bridgehead atoms. The topological polar surface area (TPSA) is 24.5 Å².